The van der Waals surface area contributed by atoms with Crippen molar-refractivity contribution in [1.29, 1.82) is 0 Å². The number of amides is 1. The number of carboxylic acid groups (broad SMARTS) is 1. The standard InChI is InChI=1S/C22H32N2O3.CH2O2/c1-3-14-24-15-11-22(12-16-24)20(26)21(2,13-17-27-22)23-19(25)10-9-18-7-5-4-6-8-18;2-1-3/h3-8,20,26H,1,9-17H2,2H3,(H,23,25);1H,(H,2,3)/t20-,21+;/m1./s1. The Morgan fingerprint density at radius 3 is 2.53 bits per heavy atom. The largest absolute Gasteiger partial charge is 0.483 e. The van der Waals surface area contributed by atoms with Gasteiger partial charge in [-0.05, 0) is 38.2 Å². The second-order valence-electron chi connectivity index (χ2n) is 8.21. The molecule has 1 spiro atoms. The van der Waals surface area contributed by atoms with Crippen LogP contribution in [0.1, 0.15) is 38.2 Å². The number of aliphatic hydroxyl groups is 1. The van der Waals surface area contributed by atoms with E-state index in [-0.39, 0.29) is 12.4 Å². The van der Waals surface area contributed by atoms with Crippen molar-refractivity contribution in [2.75, 3.05) is 26.2 Å². The summed E-state index contributed by atoms with van der Waals surface area (Å²) >= 11 is 0. The second kappa shape index (κ2) is 11.2. The highest BCUT2D eigenvalue weighted by Crippen LogP contribution is 2.39. The predicted molar refractivity (Wildman–Crippen MR) is 115 cm³/mol. The molecule has 7 heteroatoms. The molecule has 0 bridgehead atoms. The molecule has 0 saturated carbocycles. The summed E-state index contributed by atoms with van der Waals surface area (Å²) < 4.78 is 6.10. The highest BCUT2D eigenvalue weighted by atomic mass is 16.5. The number of aliphatic hydroxyl groups excluding tert-OH is 1. The average molecular weight is 419 g/mol. The number of carbonyl (C=O) groups excluding carboxylic acids is 1. The van der Waals surface area contributed by atoms with E-state index in [0.29, 0.717) is 25.9 Å². The van der Waals surface area contributed by atoms with E-state index in [1.165, 1.54) is 0 Å². The minimum atomic E-state index is -0.703. The van der Waals surface area contributed by atoms with Gasteiger partial charge >= 0.3 is 0 Å². The molecule has 3 N–H and O–H groups in total. The number of hydrogen-bond acceptors (Lipinski definition) is 5. The lowest BCUT2D eigenvalue weighted by molar-refractivity contribution is -0.207. The third kappa shape index (κ3) is 6.14. The molecule has 1 aromatic rings. The molecule has 166 valence electrons. The molecular formula is C23H34N2O5. The molecule has 2 atom stereocenters. The van der Waals surface area contributed by atoms with Gasteiger partial charge in [0, 0.05) is 32.7 Å². The van der Waals surface area contributed by atoms with E-state index in [2.05, 4.69) is 16.8 Å². The number of ether oxygens (including phenoxy) is 1. The van der Waals surface area contributed by atoms with E-state index < -0.39 is 17.2 Å². The Balaban J connectivity index is 0.00000101. The molecule has 2 saturated heterocycles. The van der Waals surface area contributed by atoms with E-state index in [1.54, 1.807) is 0 Å². The van der Waals surface area contributed by atoms with Gasteiger partial charge in [-0.3, -0.25) is 14.5 Å². The summed E-state index contributed by atoms with van der Waals surface area (Å²) in [7, 11) is 0. The van der Waals surface area contributed by atoms with Crippen molar-refractivity contribution in [2.45, 2.75) is 56.3 Å². The van der Waals surface area contributed by atoms with Gasteiger partial charge in [-0.15, -0.1) is 6.58 Å². The van der Waals surface area contributed by atoms with Crippen LogP contribution in [0.4, 0.5) is 0 Å². The highest BCUT2D eigenvalue weighted by Gasteiger charge is 2.53. The van der Waals surface area contributed by atoms with Gasteiger partial charge < -0.3 is 20.3 Å². The Morgan fingerprint density at radius 1 is 1.30 bits per heavy atom. The van der Waals surface area contributed by atoms with Gasteiger partial charge in [0.15, 0.2) is 0 Å². The zero-order chi connectivity index (χ0) is 22.0. The van der Waals surface area contributed by atoms with Gasteiger partial charge in [-0.1, -0.05) is 36.4 Å². The van der Waals surface area contributed by atoms with Gasteiger partial charge in [0.1, 0.15) is 6.10 Å². The summed E-state index contributed by atoms with van der Waals surface area (Å²) in [5, 5.41) is 21.2. The van der Waals surface area contributed by atoms with Gasteiger partial charge in [-0.2, -0.15) is 0 Å². The number of nitrogens with zero attached hydrogens (tertiary/aromatic N) is 1. The fourth-order valence-corrected chi connectivity index (χ4v) is 4.39. The molecule has 2 aliphatic rings. The average Bonchev–Trinajstić information content (AvgIpc) is 2.74. The molecule has 0 aromatic heterocycles. The third-order valence-electron chi connectivity index (χ3n) is 6.11. The molecule has 2 aliphatic heterocycles. The Bertz CT molecular complexity index is 688. The Labute approximate surface area is 178 Å². The number of nitrogens with one attached hydrogen (secondary N) is 1. The quantitative estimate of drug-likeness (QED) is 0.483. The number of rotatable bonds is 6. The Hall–Kier alpha value is -2.22. The molecule has 7 nitrogen and oxygen atoms in total. The van der Waals surface area contributed by atoms with Crippen LogP contribution in [0.25, 0.3) is 0 Å². The fourth-order valence-electron chi connectivity index (χ4n) is 4.39. The van der Waals surface area contributed by atoms with Crippen LogP contribution in [0, 0.1) is 0 Å². The van der Waals surface area contributed by atoms with Crippen LogP contribution in [0.2, 0.25) is 0 Å². The maximum atomic E-state index is 12.6. The van der Waals surface area contributed by atoms with E-state index in [4.69, 9.17) is 14.6 Å². The predicted octanol–water partition coefficient (Wildman–Crippen LogP) is 2.00. The fraction of sp³-hybridized carbons (Fsp3) is 0.565. The maximum Gasteiger partial charge on any atom is 0.290 e. The summed E-state index contributed by atoms with van der Waals surface area (Å²) in [6.45, 7) is 8.68. The first kappa shape index (κ1) is 24.1. The lowest BCUT2D eigenvalue weighted by Gasteiger charge is -2.53. The summed E-state index contributed by atoms with van der Waals surface area (Å²) in [4.78, 5) is 23.2. The van der Waals surface area contributed by atoms with Crippen molar-refractivity contribution in [3.05, 3.63) is 48.6 Å². The van der Waals surface area contributed by atoms with Crippen LogP contribution in [-0.2, 0) is 20.7 Å². The number of benzene rings is 1. The van der Waals surface area contributed by atoms with Gasteiger partial charge in [0.25, 0.3) is 6.47 Å². The number of hydrogen-bond donors (Lipinski definition) is 3. The summed E-state index contributed by atoms with van der Waals surface area (Å²) in [5.41, 5.74) is -0.0549. The van der Waals surface area contributed by atoms with Crippen LogP contribution >= 0.6 is 0 Å². The van der Waals surface area contributed by atoms with E-state index in [0.717, 1.165) is 38.0 Å². The highest BCUT2D eigenvalue weighted by molar-refractivity contribution is 5.77. The SMILES string of the molecule is C=CCN1CCC2(CC1)OCC[C@](C)(NC(=O)CCc1ccccc1)[C@H]2O.O=CO. The van der Waals surface area contributed by atoms with Crippen molar-refractivity contribution in [2.24, 2.45) is 0 Å². The number of likely N-dealkylation sites (tertiary alicyclic amines) is 1. The van der Waals surface area contributed by atoms with E-state index >= 15 is 0 Å². The van der Waals surface area contributed by atoms with Crippen LogP contribution in [0.3, 0.4) is 0 Å². The Kier molecular flexibility index (Phi) is 9.02. The first-order valence-corrected chi connectivity index (χ1v) is 10.5. The van der Waals surface area contributed by atoms with E-state index in [1.807, 2.05) is 43.3 Å². The zero-order valence-corrected chi connectivity index (χ0v) is 17.8. The normalized spacial score (nSPS) is 25.6. The molecule has 2 heterocycles. The molecule has 1 aromatic carbocycles. The number of aryl methyl sites for hydroxylation is 1. The molecule has 0 aliphatic carbocycles. The summed E-state index contributed by atoms with van der Waals surface area (Å²) in [5.74, 6) is -0.0125. The first-order chi connectivity index (χ1) is 14.4. The van der Waals surface area contributed by atoms with Gasteiger partial charge in [0.2, 0.25) is 5.91 Å². The van der Waals surface area contributed by atoms with Crippen molar-refractivity contribution in [3.8, 4) is 0 Å². The minimum absolute atomic E-state index is 0.0125. The molecule has 3 rings (SSSR count). The molecule has 0 radical (unpaired) electrons. The molecule has 2 fully saturated rings. The zero-order valence-electron chi connectivity index (χ0n) is 17.8. The van der Waals surface area contributed by atoms with Crippen molar-refractivity contribution in [3.63, 3.8) is 0 Å². The lowest BCUT2D eigenvalue weighted by atomic mass is 9.73. The van der Waals surface area contributed by atoms with Crippen molar-refractivity contribution in [1.82, 2.24) is 10.2 Å². The monoisotopic (exact) mass is 418 g/mol. The summed E-state index contributed by atoms with van der Waals surface area (Å²) in [6.07, 6.45) is 4.51. The molecule has 1 amide bonds. The smallest absolute Gasteiger partial charge is 0.290 e. The number of carbonyl (C=O) groups is 2. The van der Waals surface area contributed by atoms with Crippen LogP contribution < -0.4 is 5.32 Å². The van der Waals surface area contributed by atoms with Crippen LogP contribution in [-0.4, -0.2) is 71.0 Å². The Morgan fingerprint density at radius 2 is 1.93 bits per heavy atom. The minimum Gasteiger partial charge on any atom is -0.483 e. The molecular weight excluding hydrogens is 384 g/mol. The topological polar surface area (TPSA) is 99.1 Å². The maximum absolute atomic E-state index is 12.6. The second-order valence-corrected chi connectivity index (χ2v) is 8.21. The number of piperidine rings is 1. The third-order valence-corrected chi connectivity index (χ3v) is 6.11. The lowest BCUT2D eigenvalue weighted by Crippen LogP contribution is -2.69. The molecule has 0 unspecified atom stereocenters. The van der Waals surface area contributed by atoms with Crippen LogP contribution in [0.15, 0.2) is 43.0 Å². The van der Waals surface area contributed by atoms with Crippen molar-refractivity contribution < 1.29 is 24.5 Å². The molecule has 30 heavy (non-hydrogen) atoms. The van der Waals surface area contributed by atoms with E-state index in [9.17, 15) is 9.90 Å². The van der Waals surface area contributed by atoms with Crippen molar-refractivity contribution >= 4 is 12.4 Å². The van der Waals surface area contributed by atoms with Gasteiger partial charge in [-0.25, -0.2) is 0 Å². The first-order valence-electron chi connectivity index (χ1n) is 10.5. The van der Waals surface area contributed by atoms with Crippen LogP contribution in [0.5, 0.6) is 0 Å². The summed E-state index contributed by atoms with van der Waals surface area (Å²) in [6, 6.07) is 10.0. The van der Waals surface area contributed by atoms with Gasteiger partial charge in [0.05, 0.1) is 11.1 Å².